The molecule has 8 nitrogen and oxygen atoms in total. The van der Waals surface area contributed by atoms with Crippen molar-refractivity contribution < 1.29 is 23.8 Å². The number of para-hydroxylation sites is 1. The smallest absolute Gasteiger partial charge is 0.338 e. The molecular formula is C26H24N2O6S. The molecule has 2 aromatic carbocycles. The van der Waals surface area contributed by atoms with Crippen molar-refractivity contribution in [2.45, 2.75) is 26.8 Å². The second-order valence-corrected chi connectivity index (χ2v) is 8.72. The van der Waals surface area contributed by atoms with Crippen molar-refractivity contribution in [3.8, 4) is 11.5 Å². The third-order valence-electron chi connectivity index (χ3n) is 5.39. The first-order valence-electron chi connectivity index (χ1n) is 10.9. The van der Waals surface area contributed by atoms with Crippen LogP contribution in [0.3, 0.4) is 0 Å². The highest BCUT2D eigenvalue weighted by Gasteiger charge is 2.34. The van der Waals surface area contributed by atoms with E-state index in [4.69, 9.17) is 14.2 Å². The quantitative estimate of drug-likeness (QED) is 0.388. The maximum atomic E-state index is 13.6. The zero-order valence-corrected chi connectivity index (χ0v) is 20.5. The van der Waals surface area contributed by atoms with Gasteiger partial charge in [0.2, 0.25) is 0 Å². The molecule has 1 unspecified atom stereocenters. The van der Waals surface area contributed by atoms with E-state index in [1.54, 1.807) is 57.4 Å². The third-order valence-corrected chi connectivity index (χ3v) is 6.37. The number of carbonyl (C=O) groups excluding carboxylic acids is 2. The maximum Gasteiger partial charge on any atom is 0.338 e. The highest BCUT2D eigenvalue weighted by molar-refractivity contribution is 7.07. The van der Waals surface area contributed by atoms with E-state index in [9.17, 15) is 14.4 Å². The molecule has 0 bridgehead atoms. The number of nitrogens with zero attached hydrogens (tertiary/aromatic N) is 2. The maximum absolute atomic E-state index is 13.6. The van der Waals surface area contributed by atoms with E-state index in [1.165, 1.54) is 22.8 Å². The second-order valence-electron chi connectivity index (χ2n) is 7.71. The molecule has 0 saturated carbocycles. The Hall–Kier alpha value is -3.98. The molecule has 0 spiro atoms. The van der Waals surface area contributed by atoms with Gasteiger partial charge < -0.3 is 14.2 Å². The largest absolute Gasteiger partial charge is 0.496 e. The van der Waals surface area contributed by atoms with Gasteiger partial charge in [0.05, 0.1) is 29.5 Å². The van der Waals surface area contributed by atoms with Gasteiger partial charge in [0.25, 0.3) is 5.56 Å². The molecular weight excluding hydrogens is 468 g/mol. The SMILES string of the molecule is CCOC(=O)C1=C(C)N=c2sc(=Cc3ccc(OC(C)=O)cc3)c(=O)n2C1c1ccccc1OC. The Morgan fingerprint density at radius 2 is 1.86 bits per heavy atom. The van der Waals surface area contributed by atoms with Gasteiger partial charge in [-0.1, -0.05) is 41.7 Å². The van der Waals surface area contributed by atoms with Crippen molar-refractivity contribution in [2.75, 3.05) is 13.7 Å². The number of carbonyl (C=O) groups is 2. The van der Waals surface area contributed by atoms with Crippen LogP contribution in [0.4, 0.5) is 0 Å². The van der Waals surface area contributed by atoms with Crippen LogP contribution >= 0.6 is 11.3 Å². The molecule has 180 valence electrons. The number of esters is 2. The minimum Gasteiger partial charge on any atom is -0.496 e. The van der Waals surface area contributed by atoms with Gasteiger partial charge in [0.15, 0.2) is 4.80 Å². The molecule has 0 saturated heterocycles. The first kappa shape index (κ1) is 24.2. The lowest BCUT2D eigenvalue weighted by atomic mass is 9.95. The van der Waals surface area contributed by atoms with Crippen LogP contribution in [0.5, 0.6) is 11.5 Å². The molecule has 0 N–H and O–H groups in total. The van der Waals surface area contributed by atoms with Crippen molar-refractivity contribution in [3.63, 3.8) is 0 Å². The summed E-state index contributed by atoms with van der Waals surface area (Å²) in [5, 5.41) is 0. The lowest BCUT2D eigenvalue weighted by Gasteiger charge is -2.25. The molecule has 0 amide bonds. The average molecular weight is 493 g/mol. The first-order chi connectivity index (χ1) is 16.8. The summed E-state index contributed by atoms with van der Waals surface area (Å²) in [5.41, 5.74) is 1.90. The lowest BCUT2D eigenvalue weighted by molar-refractivity contribution is -0.139. The van der Waals surface area contributed by atoms with E-state index in [2.05, 4.69) is 4.99 Å². The lowest BCUT2D eigenvalue weighted by Crippen LogP contribution is -2.40. The fraction of sp³-hybridized carbons (Fsp3) is 0.231. The van der Waals surface area contributed by atoms with Crippen LogP contribution in [0.25, 0.3) is 6.08 Å². The predicted molar refractivity (Wildman–Crippen MR) is 131 cm³/mol. The Bertz CT molecular complexity index is 1500. The van der Waals surface area contributed by atoms with Gasteiger partial charge in [-0.05, 0) is 43.7 Å². The number of hydrogen-bond donors (Lipinski definition) is 0. The Morgan fingerprint density at radius 3 is 2.51 bits per heavy atom. The summed E-state index contributed by atoms with van der Waals surface area (Å²) in [6.45, 7) is 4.99. The zero-order valence-electron chi connectivity index (χ0n) is 19.7. The zero-order chi connectivity index (χ0) is 25.1. The van der Waals surface area contributed by atoms with Crippen molar-refractivity contribution in [3.05, 3.63) is 90.6 Å². The molecule has 1 aromatic heterocycles. The van der Waals surface area contributed by atoms with Crippen LogP contribution < -0.4 is 24.4 Å². The van der Waals surface area contributed by atoms with Crippen LogP contribution in [0.2, 0.25) is 0 Å². The van der Waals surface area contributed by atoms with Crippen molar-refractivity contribution in [1.82, 2.24) is 4.57 Å². The van der Waals surface area contributed by atoms with Crippen LogP contribution in [0, 0.1) is 0 Å². The number of methoxy groups -OCH3 is 1. The van der Waals surface area contributed by atoms with Crippen molar-refractivity contribution >= 4 is 29.4 Å². The molecule has 35 heavy (non-hydrogen) atoms. The third kappa shape index (κ3) is 4.81. The summed E-state index contributed by atoms with van der Waals surface area (Å²) < 4.78 is 17.9. The highest BCUT2D eigenvalue weighted by Crippen LogP contribution is 2.35. The van der Waals surface area contributed by atoms with Crippen molar-refractivity contribution in [1.29, 1.82) is 0 Å². The predicted octanol–water partition coefficient (Wildman–Crippen LogP) is 2.73. The van der Waals surface area contributed by atoms with E-state index in [-0.39, 0.29) is 12.2 Å². The Kier molecular flexibility index (Phi) is 6.97. The van der Waals surface area contributed by atoms with Crippen LogP contribution in [0.15, 0.2) is 69.6 Å². The topological polar surface area (TPSA) is 96.2 Å². The fourth-order valence-corrected chi connectivity index (χ4v) is 4.97. The van der Waals surface area contributed by atoms with E-state index in [0.29, 0.717) is 37.7 Å². The summed E-state index contributed by atoms with van der Waals surface area (Å²) in [6.07, 6.45) is 1.74. The van der Waals surface area contributed by atoms with Gasteiger partial charge in [-0.25, -0.2) is 9.79 Å². The van der Waals surface area contributed by atoms with Gasteiger partial charge in [-0.2, -0.15) is 0 Å². The standard InChI is InChI=1S/C26H24N2O6S/c1-5-33-25(31)22-15(2)27-26-28(23(22)19-8-6-7-9-20(19)32-4)24(30)21(35-26)14-17-10-12-18(13-11-17)34-16(3)29/h6-14,23H,5H2,1-4H3. The normalized spacial score (nSPS) is 15.3. The molecule has 1 atom stereocenters. The minimum absolute atomic E-state index is 0.196. The van der Waals surface area contributed by atoms with Crippen LogP contribution in [-0.4, -0.2) is 30.2 Å². The van der Waals surface area contributed by atoms with Gasteiger partial charge in [-0.3, -0.25) is 14.2 Å². The molecule has 4 rings (SSSR count). The fourth-order valence-electron chi connectivity index (χ4n) is 3.93. The number of thiazole rings is 1. The number of benzene rings is 2. The van der Waals surface area contributed by atoms with E-state index in [1.807, 2.05) is 18.2 Å². The van der Waals surface area contributed by atoms with E-state index in [0.717, 1.165) is 5.56 Å². The summed E-state index contributed by atoms with van der Waals surface area (Å²) in [5.74, 6) is 0.0294. The number of hydrogen-bond acceptors (Lipinski definition) is 8. The van der Waals surface area contributed by atoms with E-state index < -0.39 is 18.0 Å². The number of aromatic nitrogens is 1. The number of allylic oxidation sites excluding steroid dienone is 1. The van der Waals surface area contributed by atoms with Gasteiger partial charge in [-0.15, -0.1) is 0 Å². The Morgan fingerprint density at radius 1 is 1.14 bits per heavy atom. The van der Waals surface area contributed by atoms with Crippen molar-refractivity contribution in [2.24, 2.45) is 4.99 Å². The molecule has 1 aliphatic rings. The summed E-state index contributed by atoms with van der Waals surface area (Å²) in [6, 6.07) is 13.3. The Balaban J connectivity index is 1.89. The number of fused-ring (bicyclic) bond motifs is 1. The molecule has 3 aromatic rings. The average Bonchev–Trinajstić information content (AvgIpc) is 3.13. The second kappa shape index (κ2) is 10.1. The monoisotopic (exact) mass is 492 g/mol. The molecule has 1 aliphatic heterocycles. The summed E-state index contributed by atoms with van der Waals surface area (Å²) in [4.78, 5) is 42.8. The van der Waals surface area contributed by atoms with Crippen LogP contribution in [-0.2, 0) is 14.3 Å². The van der Waals surface area contributed by atoms with Crippen LogP contribution in [0.1, 0.15) is 37.9 Å². The molecule has 2 heterocycles. The number of ether oxygens (including phenoxy) is 3. The molecule has 0 fully saturated rings. The molecule has 9 heteroatoms. The molecule has 0 aliphatic carbocycles. The van der Waals surface area contributed by atoms with Gasteiger partial charge in [0.1, 0.15) is 17.5 Å². The first-order valence-corrected chi connectivity index (χ1v) is 11.8. The van der Waals surface area contributed by atoms with E-state index >= 15 is 0 Å². The highest BCUT2D eigenvalue weighted by atomic mass is 32.1. The van der Waals surface area contributed by atoms with Gasteiger partial charge in [0, 0.05) is 12.5 Å². The van der Waals surface area contributed by atoms with Gasteiger partial charge >= 0.3 is 11.9 Å². The Labute approximate surface area is 205 Å². The minimum atomic E-state index is -0.755. The molecule has 0 radical (unpaired) electrons. The summed E-state index contributed by atoms with van der Waals surface area (Å²) in [7, 11) is 1.54. The number of rotatable bonds is 6. The summed E-state index contributed by atoms with van der Waals surface area (Å²) >= 11 is 1.23.